The number of nitrogens with zero attached hydrogens (tertiary/aromatic N) is 1. The van der Waals surface area contributed by atoms with Crippen molar-refractivity contribution in [1.82, 2.24) is 15.5 Å². The van der Waals surface area contributed by atoms with E-state index in [1.54, 1.807) is 0 Å². The van der Waals surface area contributed by atoms with Crippen molar-refractivity contribution in [2.75, 3.05) is 32.7 Å². The summed E-state index contributed by atoms with van der Waals surface area (Å²) in [5.41, 5.74) is 5.78. The number of hydrogen-bond acceptors (Lipinski definition) is 4. The molecule has 1 aliphatic heterocycles. The van der Waals surface area contributed by atoms with Crippen molar-refractivity contribution in [3.63, 3.8) is 0 Å². The largest absolute Gasteiger partial charge is 0.355 e. The van der Waals surface area contributed by atoms with Crippen LogP contribution in [-0.4, -0.2) is 55.5 Å². The van der Waals surface area contributed by atoms with E-state index >= 15 is 0 Å². The topological polar surface area (TPSA) is 87.5 Å². The van der Waals surface area contributed by atoms with E-state index < -0.39 is 0 Å². The third-order valence-electron chi connectivity index (χ3n) is 2.82. The minimum atomic E-state index is -0.151. The Hall–Kier alpha value is -1.14. The van der Waals surface area contributed by atoms with Crippen LogP contribution in [0.2, 0.25) is 0 Å². The minimum absolute atomic E-state index is 0.0556. The molecule has 6 heteroatoms. The highest BCUT2D eigenvalue weighted by molar-refractivity contribution is 5.85. The molecule has 0 spiro atoms. The monoisotopic (exact) mass is 242 g/mol. The molecule has 0 aromatic rings. The van der Waals surface area contributed by atoms with Crippen LogP contribution in [0.3, 0.4) is 0 Å². The molecule has 0 radical (unpaired) electrons. The maximum atomic E-state index is 11.5. The first-order valence-corrected chi connectivity index (χ1v) is 6.13. The predicted molar refractivity (Wildman–Crippen MR) is 65.3 cm³/mol. The van der Waals surface area contributed by atoms with E-state index in [-0.39, 0.29) is 24.4 Å². The zero-order chi connectivity index (χ0) is 12.7. The van der Waals surface area contributed by atoms with Crippen LogP contribution in [0.15, 0.2) is 0 Å². The molecule has 1 saturated heterocycles. The molecular formula is C11H22N4O2. The lowest BCUT2D eigenvalue weighted by Gasteiger charge is -2.29. The molecule has 1 fully saturated rings. The van der Waals surface area contributed by atoms with E-state index in [1.807, 2.05) is 6.92 Å². The maximum absolute atomic E-state index is 11.5. The van der Waals surface area contributed by atoms with Gasteiger partial charge in [-0.05, 0) is 19.8 Å². The first kappa shape index (κ1) is 13.9. The third kappa shape index (κ3) is 5.65. The van der Waals surface area contributed by atoms with Crippen molar-refractivity contribution in [3.05, 3.63) is 0 Å². The molecule has 1 aliphatic rings. The molecule has 0 aromatic heterocycles. The summed E-state index contributed by atoms with van der Waals surface area (Å²) >= 11 is 0. The molecule has 0 unspecified atom stereocenters. The van der Waals surface area contributed by atoms with Gasteiger partial charge >= 0.3 is 0 Å². The van der Waals surface area contributed by atoms with Gasteiger partial charge in [0.1, 0.15) is 0 Å². The summed E-state index contributed by atoms with van der Waals surface area (Å²) in [6, 6.07) is 0.268. The molecule has 0 atom stereocenters. The lowest BCUT2D eigenvalue weighted by molar-refractivity contribution is -0.126. The van der Waals surface area contributed by atoms with E-state index in [9.17, 15) is 9.59 Å². The van der Waals surface area contributed by atoms with Gasteiger partial charge in [0, 0.05) is 25.7 Å². The second-order valence-corrected chi connectivity index (χ2v) is 4.34. The van der Waals surface area contributed by atoms with Crippen molar-refractivity contribution >= 4 is 11.8 Å². The number of likely N-dealkylation sites (tertiary alicyclic amines) is 1. The fraction of sp³-hybridized carbons (Fsp3) is 0.818. The lowest BCUT2D eigenvalue weighted by atomic mass is 10.1. The van der Waals surface area contributed by atoms with Gasteiger partial charge in [0.2, 0.25) is 11.8 Å². The normalized spacial score (nSPS) is 17.8. The van der Waals surface area contributed by atoms with E-state index in [1.165, 1.54) is 0 Å². The summed E-state index contributed by atoms with van der Waals surface area (Å²) in [7, 11) is 0. The van der Waals surface area contributed by atoms with E-state index in [0.717, 1.165) is 25.9 Å². The number of carbonyl (C=O) groups excluding carboxylic acids is 2. The Bertz CT molecular complexity index is 262. The smallest absolute Gasteiger partial charge is 0.239 e. The van der Waals surface area contributed by atoms with E-state index in [4.69, 9.17) is 5.73 Å². The molecule has 4 N–H and O–H groups in total. The van der Waals surface area contributed by atoms with Crippen LogP contribution < -0.4 is 16.4 Å². The summed E-state index contributed by atoms with van der Waals surface area (Å²) in [5, 5.41) is 5.23. The van der Waals surface area contributed by atoms with Crippen LogP contribution in [0.4, 0.5) is 0 Å². The van der Waals surface area contributed by atoms with Crippen LogP contribution in [0.1, 0.15) is 19.8 Å². The molecule has 0 saturated carbocycles. The Morgan fingerprint density at radius 3 is 2.47 bits per heavy atom. The Kier molecular flexibility index (Phi) is 5.93. The molecular weight excluding hydrogens is 220 g/mol. The van der Waals surface area contributed by atoms with Gasteiger partial charge in [-0.2, -0.15) is 0 Å². The minimum Gasteiger partial charge on any atom is -0.355 e. The zero-order valence-electron chi connectivity index (χ0n) is 10.4. The van der Waals surface area contributed by atoms with Crippen LogP contribution in [0, 0.1) is 0 Å². The lowest BCUT2D eigenvalue weighted by Crippen LogP contribution is -2.46. The van der Waals surface area contributed by atoms with Gasteiger partial charge in [-0.3, -0.25) is 14.5 Å². The highest BCUT2D eigenvalue weighted by Gasteiger charge is 2.18. The zero-order valence-corrected chi connectivity index (χ0v) is 10.4. The van der Waals surface area contributed by atoms with E-state index in [2.05, 4.69) is 15.5 Å². The first-order chi connectivity index (χ1) is 8.11. The SMILES string of the molecule is CCNC(=O)CNC(=O)CN1CCC(N)CC1. The van der Waals surface area contributed by atoms with Crippen molar-refractivity contribution in [2.45, 2.75) is 25.8 Å². The van der Waals surface area contributed by atoms with Gasteiger partial charge in [0.05, 0.1) is 13.1 Å². The van der Waals surface area contributed by atoms with Crippen molar-refractivity contribution in [3.8, 4) is 0 Å². The second kappa shape index (κ2) is 7.24. The average Bonchev–Trinajstić information content (AvgIpc) is 2.30. The average molecular weight is 242 g/mol. The predicted octanol–water partition coefficient (Wildman–Crippen LogP) is -1.34. The number of nitrogens with one attached hydrogen (secondary N) is 2. The number of carbonyl (C=O) groups is 2. The van der Waals surface area contributed by atoms with Gasteiger partial charge in [-0.25, -0.2) is 0 Å². The number of nitrogens with two attached hydrogens (primary N) is 1. The quantitative estimate of drug-likeness (QED) is 0.557. The number of amides is 2. The number of piperidine rings is 1. The summed E-state index contributed by atoms with van der Waals surface area (Å²) in [4.78, 5) is 24.7. The van der Waals surface area contributed by atoms with Crippen molar-refractivity contribution in [2.24, 2.45) is 5.73 Å². The highest BCUT2D eigenvalue weighted by atomic mass is 16.2. The Morgan fingerprint density at radius 1 is 1.24 bits per heavy atom. The summed E-state index contributed by atoms with van der Waals surface area (Å²) in [5.74, 6) is -0.256. The van der Waals surface area contributed by atoms with Crippen molar-refractivity contribution in [1.29, 1.82) is 0 Å². The van der Waals surface area contributed by atoms with Crippen LogP contribution in [0.5, 0.6) is 0 Å². The van der Waals surface area contributed by atoms with Gasteiger partial charge < -0.3 is 16.4 Å². The number of likely N-dealkylation sites (N-methyl/N-ethyl adjacent to an activating group) is 1. The van der Waals surface area contributed by atoms with Gasteiger partial charge in [-0.1, -0.05) is 0 Å². The molecule has 1 heterocycles. The molecule has 0 aliphatic carbocycles. The highest BCUT2D eigenvalue weighted by Crippen LogP contribution is 2.06. The van der Waals surface area contributed by atoms with Gasteiger partial charge in [-0.15, -0.1) is 0 Å². The number of hydrogen-bond donors (Lipinski definition) is 3. The van der Waals surface area contributed by atoms with Crippen LogP contribution in [0.25, 0.3) is 0 Å². The Balaban J connectivity index is 2.14. The fourth-order valence-corrected chi connectivity index (χ4v) is 1.81. The fourth-order valence-electron chi connectivity index (χ4n) is 1.81. The van der Waals surface area contributed by atoms with Gasteiger partial charge in [0.15, 0.2) is 0 Å². The molecule has 98 valence electrons. The van der Waals surface area contributed by atoms with Crippen molar-refractivity contribution < 1.29 is 9.59 Å². The second-order valence-electron chi connectivity index (χ2n) is 4.34. The molecule has 2 amide bonds. The molecule has 17 heavy (non-hydrogen) atoms. The maximum Gasteiger partial charge on any atom is 0.239 e. The molecule has 0 bridgehead atoms. The van der Waals surface area contributed by atoms with Crippen LogP contribution >= 0.6 is 0 Å². The summed E-state index contributed by atoms with van der Waals surface area (Å²) in [6.45, 7) is 4.55. The first-order valence-electron chi connectivity index (χ1n) is 6.13. The molecule has 6 nitrogen and oxygen atoms in total. The molecule has 1 rings (SSSR count). The number of rotatable bonds is 5. The summed E-state index contributed by atoms with van der Waals surface area (Å²) in [6.07, 6.45) is 1.87. The Morgan fingerprint density at radius 2 is 1.88 bits per heavy atom. The Labute approximate surface area is 102 Å². The van der Waals surface area contributed by atoms with Crippen LogP contribution in [-0.2, 0) is 9.59 Å². The van der Waals surface area contributed by atoms with Gasteiger partial charge in [0.25, 0.3) is 0 Å². The summed E-state index contributed by atoms with van der Waals surface area (Å²) < 4.78 is 0. The third-order valence-corrected chi connectivity index (χ3v) is 2.82. The van der Waals surface area contributed by atoms with E-state index in [0.29, 0.717) is 13.1 Å². The standard InChI is InChI=1S/C11H22N4O2/c1-2-13-10(16)7-14-11(17)8-15-5-3-9(12)4-6-15/h9H,2-8,12H2,1H3,(H,13,16)(H,14,17). The molecule has 0 aromatic carbocycles.